The minimum absolute atomic E-state index is 0.0660. The number of fused-ring (bicyclic) bond motifs is 3. The third-order valence-electron chi connectivity index (χ3n) is 8.63. The van der Waals surface area contributed by atoms with Crippen LogP contribution in [0, 0.1) is 5.41 Å². The van der Waals surface area contributed by atoms with Gasteiger partial charge in [-0.2, -0.15) is 10.1 Å². The highest BCUT2D eigenvalue weighted by molar-refractivity contribution is 5.94. The molecule has 0 amide bonds. The minimum Gasteiger partial charge on any atom is -0.342 e. The highest BCUT2D eigenvalue weighted by Gasteiger charge is 2.46. The summed E-state index contributed by atoms with van der Waals surface area (Å²) in [6.45, 7) is 1.63. The van der Waals surface area contributed by atoms with Gasteiger partial charge in [0.25, 0.3) is 5.56 Å². The van der Waals surface area contributed by atoms with E-state index in [1.54, 1.807) is 0 Å². The Bertz CT molecular complexity index is 1560. The molecule has 2 aromatic carbocycles. The van der Waals surface area contributed by atoms with Crippen molar-refractivity contribution in [2.24, 2.45) is 11.1 Å². The molecule has 7 heteroatoms. The van der Waals surface area contributed by atoms with E-state index in [0.717, 1.165) is 62.8 Å². The van der Waals surface area contributed by atoms with E-state index in [-0.39, 0.29) is 17.0 Å². The van der Waals surface area contributed by atoms with Gasteiger partial charge in [-0.25, -0.2) is 0 Å². The van der Waals surface area contributed by atoms with Crippen LogP contribution in [-0.4, -0.2) is 33.3 Å². The number of hydrogen-bond acceptors (Lipinski definition) is 5. The highest BCUT2D eigenvalue weighted by Crippen LogP contribution is 2.50. The Balaban J connectivity index is 1.18. The average molecular weight is 479 g/mol. The molecule has 1 fully saturated rings. The Morgan fingerprint density at radius 2 is 1.81 bits per heavy atom. The van der Waals surface area contributed by atoms with E-state index in [9.17, 15) is 4.79 Å². The molecule has 3 heterocycles. The molecule has 1 spiro atoms. The molecule has 1 atom stereocenters. The van der Waals surface area contributed by atoms with E-state index >= 15 is 0 Å². The molecule has 0 unspecified atom stereocenters. The Morgan fingerprint density at radius 3 is 2.64 bits per heavy atom. The molecule has 182 valence electrons. The quantitative estimate of drug-likeness (QED) is 0.399. The summed E-state index contributed by atoms with van der Waals surface area (Å²) in [4.78, 5) is 23.5. The third-order valence-corrected chi connectivity index (χ3v) is 8.63. The molecule has 0 radical (unpaired) electrons. The van der Waals surface area contributed by atoms with Crippen molar-refractivity contribution in [3.05, 3.63) is 92.9 Å². The van der Waals surface area contributed by atoms with Gasteiger partial charge in [0.15, 0.2) is 5.65 Å². The molecule has 1 saturated heterocycles. The van der Waals surface area contributed by atoms with Crippen molar-refractivity contribution < 1.29 is 0 Å². The van der Waals surface area contributed by atoms with Gasteiger partial charge in [-0.15, -0.1) is 0 Å². The van der Waals surface area contributed by atoms with E-state index in [1.807, 2.05) is 6.07 Å². The molecule has 7 rings (SSSR count). The Hall–Kier alpha value is -3.71. The molecule has 4 aromatic rings. The Kier molecular flexibility index (Phi) is 4.89. The van der Waals surface area contributed by atoms with Gasteiger partial charge >= 0.3 is 0 Å². The van der Waals surface area contributed by atoms with Crippen LogP contribution in [0.25, 0.3) is 16.6 Å². The zero-order valence-corrected chi connectivity index (χ0v) is 20.3. The lowest BCUT2D eigenvalue weighted by Gasteiger charge is -2.42. The van der Waals surface area contributed by atoms with Gasteiger partial charge in [0.1, 0.15) is 11.1 Å². The van der Waals surface area contributed by atoms with Crippen LogP contribution in [0.1, 0.15) is 59.7 Å². The Morgan fingerprint density at radius 1 is 1.03 bits per heavy atom. The number of H-pyrrole nitrogens is 2. The zero-order chi connectivity index (χ0) is 24.3. The van der Waals surface area contributed by atoms with Crippen molar-refractivity contribution in [3.8, 4) is 0 Å². The number of anilines is 1. The van der Waals surface area contributed by atoms with Gasteiger partial charge in [0.05, 0.1) is 0 Å². The fraction of sp³-hybridized carbons (Fsp3) is 0.345. The topological polar surface area (TPSA) is 104 Å². The van der Waals surface area contributed by atoms with E-state index in [2.05, 4.69) is 68.6 Å². The molecule has 2 aromatic heterocycles. The number of rotatable bonds is 2. The van der Waals surface area contributed by atoms with Crippen molar-refractivity contribution in [2.75, 3.05) is 18.0 Å². The molecule has 0 bridgehead atoms. The monoisotopic (exact) mass is 478 g/mol. The maximum atomic E-state index is 13.4. The second-order valence-corrected chi connectivity index (χ2v) is 10.6. The first kappa shape index (κ1) is 21.6. The first-order valence-corrected chi connectivity index (χ1v) is 13.0. The number of nitrogens with zero attached hydrogens (tertiary/aromatic N) is 3. The lowest BCUT2D eigenvalue weighted by Crippen LogP contribution is -2.45. The zero-order valence-electron chi connectivity index (χ0n) is 20.3. The second-order valence-electron chi connectivity index (χ2n) is 10.6. The van der Waals surface area contributed by atoms with Crippen LogP contribution < -0.4 is 16.2 Å². The molecular weight excluding hydrogens is 448 g/mol. The standard InChI is InChI=1S/C29H30N6O/c30-25-21-11-5-3-9-19(21)17-29(25)13-15-35(16-14-29)28-31-26-23(27(36)32-28)24(33-34-26)22-12-6-2-8-18-7-1-4-10-20(18)22/h1,3-5,7,9-12,25H,2,6,8,13-17,30H2,(H2,31,32,33,34,36)/t25-/m1/s1. The van der Waals surface area contributed by atoms with Crippen molar-refractivity contribution in [1.29, 1.82) is 0 Å². The Labute approximate surface area is 209 Å². The number of benzene rings is 2. The molecular formula is C29H30N6O. The summed E-state index contributed by atoms with van der Waals surface area (Å²) in [5, 5.41) is 8.17. The summed E-state index contributed by atoms with van der Waals surface area (Å²) in [5.74, 6) is 0.608. The second kappa shape index (κ2) is 8.17. The SMILES string of the molecule is N[C@@H]1c2ccccc2CC12CCN(c1nc3[nH]nc(C4=CCCCc5ccccc54)c3c(=O)[nH]1)CC2. The number of nitrogens with two attached hydrogens (primary N) is 1. The summed E-state index contributed by atoms with van der Waals surface area (Å²) < 4.78 is 0. The number of nitrogens with one attached hydrogen (secondary N) is 2. The van der Waals surface area contributed by atoms with Crippen LogP contribution in [-0.2, 0) is 12.8 Å². The summed E-state index contributed by atoms with van der Waals surface area (Å²) in [6.07, 6.45) is 8.27. The van der Waals surface area contributed by atoms with Crippen LogP contribution in [0.15, 0.2) is 59.4 Å². The van der Waals surface area contributed by atoms with Crippen molar-refractivity contribution in [1.82, 2.24) is 20.2 Å². The van der Waals surface area contributed by atoms with Gasteiger partial charge in [-0.1, -0.05) is 54.6 Å². The fourth-order valence-electron chi connectivity index (χ4n) is 6.61. The summed E-state index contributed by atoms with van der Waals surface area (Å²) in [6, 6.07) is 17.0. The maximum absolute atomic E-state index is 13.4. The number of aromatic nitrogens is 4. The van der Waals surface area contributed by atoms with Crippen molar-refractivity contribution >= 4 is 22.6 Å². The minimum atomic E-state index is -0.147. The van der Waals surface area contributed by atoms with Crippen LogP contribution in [0.3, 0.4) is 0 Å². The number of piperidine rings is 1. The van der Waals surface area contributed by atoms with Gasteiger partial charge in [-0.05, 0) is 66.2 Å². The number of aryl methyl sites for hydroxylation is 1. The van der Waals surface area contributed by atoms with E-state index < -0.39 is 0 Å². The van der Waals surface area contributed by atoms with Crippen LogP contribution in [0.5, 0.6) is 0 Å². The van der Waals surface area contributed by atoms with E-state index in [0.29, 0.717) is 22.7 Å². The lowest BCUT2D eigenvalue weighted by molar-refractivity contribution is 0.187. The lowest BCUT2D eigenvalue weighted by atomic mass is 9.73. The van der Waals surface area contributed by atoms with Crippen LogP contribution in [0.4, 0.5) is 5.95 Å². The van der Waals surface area contributed by atoms with Crippen molar-refractivity contribution in [3.63, 3.8) is 0 Å². The molecule has 3 aliphatic rings. The predicted octanol–water partition coefficient (Wildman–Crippen LogP) is 4.26. The van der Waals surface area contributed by atoms with Gasteiger partial charge < -0.3 is 10.6 Å². The average Bonchev–Trinajstić information content (AvgIpc) is 3.36. The number of aromatic amines is 2. The molecule has 0 saturated carbocycles. The van der Waals surface area contributed by atoms with Gasteiger partial charge in [0, 0.05) is 24.7 Å². The predicted molar refractivity (Wildman–Crippen MR) is 142 cm³/mol. The molecule has 36 heavy (non-hydrogen) atoms. The van der Waals surface area contributed by atoms with Crippen LogP contribution >= 0.6 is 0 Å². The third kappa shape index (κ3) is 3.26. The molecule has 7 nitrogen and oxygen atoms in total. The first-order valence-electron chi connectivity index (χ1n) is 13.0. The normalized spacial score (nSPS) is 20.8. The summed E-state index contributed by atoms with van der Waals surface area (Å²) in [7, 11) is 0. The largest absolute Gasteiger partial charge is 0.342 e. The molecule has 4 N–H and O–H groups in total. The van der Waals surface area contributed by atoms with Crippen molar-refractivity contribution in [2.45, 2.75) is 44.6 Å². The number of allylic oxidation sites excluding steroid dienone is 1. The van der Waals surface area contributed by atoms with E-state index in [1.165, 1.54) is 16.7 Å². The van der Waals surface area contributed by atoms with E-state index in [4.69, 9.17) is 10.7 Å². The summed E-state index contributed by atoms with van der Waals surface area (Å²) in [5.41, 5.74) is 14.1. The van der Waals surface area contributed by atoms with Gasteiger partial charge in [-0.3, -0.25) is 14.9 Å². The van der Waals surface area contributed by atoms with Crippen LogP contribution in [0.2, 0.25) is 0 Å². The molecule has 2 aliphatic carbocycles. The maximum Gasteiger partial charge on any atom is 0.264 e. The first-order chi connectivity index (χ1) is 17.6. The fourth-order valence-corrected chi connectivity index (χ4v) is 6.61. The smallest absolute Gasteiger partial charge is 0.264 e. The van der Waals surface area contributed by atoms with Gasteiger partial charge in [0.2, 0.25) is 5.95 Å². The highest BCUT2D eigenvalue weighted by atomic mass is 16.1. The molecule has 1 aliphatic heterocycles. The number of hydrogen-bond donors (Lipinski definition) is 3. The summed E-state index contributed by atoms with van der Waals surface area (Å²) >= 11 is 0.